The zero-order valence-electron chi connectivity index (χ0n) is 20.4. The van der Waals surface area contributed by atoms with Crippen molar-refractivity contribution in [1.82, 2.24) is 24.3 Å². The van der Waals surface area contributed by atoms with Gasteiger partial charge in [-0.25, -0.2) is 9.97 Å². The van der Waals surface area contributed by atoms with E-state index in [2.05, 4.69) is 15.3 Å². The van der Waals surface area contributed by atoms with Crippen LogP contribution in [0.2, 0.25) is 0 Å². The van der Waals surface area contributed by atoms with E-state index in [9.17, 15) is 4.79 Å². The first-order valence-electron chi connectivity index (χ1n) is 11.6. The Kier molecular flexibility index (Phi) is 6.40. The summed E-state index contributed by atoms with van der Waals surface area (Å²) < 4.78 is 15.1. The molecule has 36 heavy (non-hydrogen) atoms. The molecule has 8 nitrogen and oxygen atoms in total. The molecule has 3 aromatic heterocycles. The molecule has 1 N–H and O–H groups in total. The number of carbonyl (C=O) groups is 1. The maximum atomic E-state index is 13.2. The lowest BCUT2D eigenvalue weighted by atomic mass is 10.0. The molecular formula is C28H27N5O3. The van der Waals surface area contributed by atoms with Gasteiger partial charge in [-0.1, -0.05) is 18.2 Å². The Labute approximate surface area is 209 Å². The number of pyridine rings is 1. The van der Waals surface area contributed by atoms with Crippen LogP contribution in [0.25, 0.3) is 5.65 Å². The van der Waals surface area contributed by atoms with Crippen molar-refractivity contribution in [2.24, 2.45) is 7.05 Å². The van der Waals surface area contributed by atoms with E-state index in [-0.39, 0.29) is 5.91 Å². The SMILES string of the molecule is COc1ccc(C(NC(=O)c2ccc(OCc3cn4cccc(C)c4n3)cc2)c2nccn2C)cc1. The summed E-state index contributed by atoms with van der Waals surface area (Å²) >= 11 is 0. The van der Waals surface area contributed by atoms with Crippen LogP contribution in [-0.4, -0.2) is 32.0 Å². The molecule has 1 unspecified atom stereocenters. The van der Waals surface area contributed by atoms with Gasteiger partial charge in [-0.2, -0.15) is 0 Å². The minimum Gasteiger partial charge on any atom is -0.497 e. The van der Waals surface area contributed by atoms with E-state index in [4.69, 9.17) is 9.47 Å². The van der Waals surface area contributed by atoms with E-state index in [0.29, 0.717) is 17.9 Å². The highest BCUT2D eigenvalue weighted by Gasteiger charge is 2.21. The number of nitrogens with zero attached hydrogens (tertiary/aromatic N) is 4. The van der Waals surface area contributed by atoms with Gasteiger partial charge in [-0.05, 0) is 60.5 Å². The lowest BCUT2D eigenvalue weighted by Crippen LogP contribution is -2.31. The third-order valence-electron chi connectivity index (χ3n) is 6.07. The number of benzene rings is 2. The Hall–Kier alpha value is -4.59. The van der Waals surface area contributed by atoms with Gasteiger partial charge in [0.25, 0.3) is 5.91 Å². The average molecular weight is 482 g/mol. The van der Waals surface area contributed by atoms with Crippen LogP contribution in [0.15, 0.2) is 85.5 Å². The van der Waals surface area contributed by atoms with Crippen LogP contribution in [0, 0.1) is 6.92 Å². The molecule has 182 valence electrons. The Morgan fingerprint density at radius 2 is 1.78 bits per heavy atom. The van der Waals surface area contributed by atoms with Gasteiger partial charge in [-0.15, -0.1) is 0 Å². The zero-order valence-corrected chi connectivity index (χ0v) is 20.4. The van der Waals surface area contributed by atoms with Gasteiger partial charge in [-0.3, -0.25) is 4.79 Å². The molecule has 0 spiro atoms. The molecule has 2 aromatic carbocycles. The molecule has 0 saturated heterocycles. The quantitative estimate of drug-likeness (QED) is 0.353. The van der Waals surface area contributed by atoms with Crippen molar-refractivity contribution in [1.29, 1.82) is 0 Å². The molecule has 0 aliphatic heterocycles. The van der Waals surface area contributed by atoms with E-state index in [0.717, 1.165) is 34.0 Å². The average Bonchev–Trinajstić information content (AvgIpc) is 3.53. The fourth-order valence-electron chi connectivity index (χ4n) is 4.10. The van der Waals surface area contributed by atoms with Gasteiger partial charge < -0.3 is 23.8 Å². The van der Waals surface area contributed by atoms with Crippen molar-refractivity contribution in [3.05, 3.63) is 114 Å². The van der Waals surface area contributed by atoms with Crippen LogP contribution in [0.4, 0.5) is 0 Å². The molecule has 0 saturated carbocycles. The van der Waals surface area contributed by atoms with Gasteiger partial charge in [0.2, 0.25) is 0 Å². The first kappa shape index (κ1) is 23.2. The van der Waals surface area contributed by atoms with E-state index in [1.54, 1.807) is 37.6 Å². The smallest absolute Gasteiger partial charge is 0.252 e. The fraction of sp³-hybridized carbons (Fsp3) is 0.179. The molecular weight excluding hydrogens is 454 g/mol. The van der Waals surface area contributed by atoms with E-state index in [1.165, 1.54) is 0 Å². The maximum absolute atomic E-state index is 13.2. The summed E-state index contributed by atoms with van der Waals surface area (Å²) in [7, 11) is 3.53. The molecule has 0 radical (unpaired) electrons. The summed E-state index contributed by atoms with van der Waals surface area (Å²) in [6.07, 6.45) is 7.50. The molecule has 0 bridgehead atoms. The number of fused-ring (bicyclic) bond motifs is 1. The number of nitrogens with one attached hydrogen (secondary N) is 1. The molecule has 3 heterocycles. The predicted octanol–water partition coefficient (Wildman–Crippen LogP) is 4.48. The second-order valence-corrected chi connectivity index (χ2v) is 8.54. The summed E-state index contributed by atoms with van der Waals surface area (Å²) in [5, 5.41) is 3.11. The van der Waals surface area contributed by atoms with Crippen LogP contribution in [0.1, 0.15) is 39.0 Å². The largest absolute Gasteiger partial charge is 0.497 e. The van der Waals surface area contributed by atoms with Gasteiger partial charge in [0.15, 0.2) is 0 Å². The Morgan fingerprint density at radius 3 is 2.44 bits per heavy atom. The number of carbonyl (C=O) groups excluding carboxylic acids is 1. The molecule has 1 atom stereocenters. The Balaban J connectivity index is 1.28. The third-order valence-corrected chi connectivity index (χ3v) is 6.07. The highest BCUT2D eigenvalue weighted by Crippen LogP contribution is 2.24. The summed E-state index contributed by atoms with van der Waals surface area (Å²) in [6, 6.07) is 18.3. The lowest BCUT2D eigenvalue weighted by molar-refractivity contribution is 0.0941. The second-order valence-electron chi connectivity index (χ2n) is 8.54. The summed E-state index contributed by atoms with van der Waals surface area (Å²) in [5.41, 5.74) is 4.29. The number of methoxy groups -OCH3 is 1. The summed E-state index contributed by atoms with van der Waals surface area (Å²) in [4.78, 5) is 22.2. The molecule has 1 amide bonds. The number of hydrogen-bond acceptors (Lipinski definition) is 5. The van der Waals surface area contributed by atoms with Crippen molar-refractivity contribution in [3.63, 3.8) is 0 Å². The van der Waals surface area contributed by atoms with Gasteiger partial charge in [0.05, 0.1) is 12.8 Å². The predicted molar refractivity (Wildman–Crippen MR) is 136 cm³/mol. The van der Waals surface area contributed by atoms with Gasteiger partial charge >= 0.3 is 0 Å². The van der Waals surface area contributed by atoms with Crippen molar-refractivity contribution in [2.45, 2.75) is 19.6 Å². The van der Waals surface area contributed by atoms with Crippen LogP contribution >= 0.6 is 0 Å². The van der Waals surface area contributed by atoms with Crippen molar-refractivity contribution in [2.75, 3.05) is 7.11 Å². The van der Waals surface area contributed by atoms with Crippen LogP contribution in [0.3, 0.4) is 0 Å². The number of rotatable bonds is 8. The van der Waals surface area contributed by atoms with Crippen molar-refractivity contribution >= 4 is 11.6 Å². The third kappa shape index (κ3) is 4.79. The van der Waals surface area contributed by atoms with Crippen LogP contribution in [-0.2, 0) is 13.7 Å². The standard InChI is InChI=1S/C28H27N5O3/c1-19-5-4-15-33-17-22(30-26(19)33)18-36-24-12-8-21(9-13-24)28(34)31-25(27-29-14-16-32(27)2)20-6-10-23(35-3)11-7-20/h4-17,25H,18H2,1-3H3,(H,31,34). The number of aryl methyl sites for hydroxylation is 2. The maximum Gasteiger partial charge on any atom is 0.252 e. The molecule has 5 rings (SSSR count). The highest BCUT2D eigenvalue weighted by atomic mass is 16.5. The number of aromatic nitrogens is 4. The first-order valence-corrected chi connectivity index (χ1v) is 11.6. The van der Waals surface area contributed by atoms with Gasteiger partial charge in [0.1, 0.15) is 35.6 Å². The number of amides is 1. The monoisotopic (exact) mass is 481 g/mol. The second kappa shape index (κ2) is 9.95. The number of ether oxygens (including phenoxy) is 2. The topological polar surface area (TPSA) is 82.7 Å². The summed E-state index contributed by atoms with van der Waals surface area (Å²) in [5.74, 6) is 1.94. The van der Waals surface area contributed by atoms with Gasteiger partial charge in [0, 0.05) is 37.4 Å². The molecule has 0 aliphatic rings. The van der Waals surface area contributed by atoms with Crippen molar-refractivity contribution in [3.8, 4) is 11.5 Å². The zero-order chi connectivity index (χ0) is 25.1. The molecule has 8 heteroatoms. The first-order chi connectivity index (χ1) is 17.5. The minimum absolute atomic E-state index is 0.207. The molecule has 5 aromatic rings. The van der Waals surface area contributed by atoms with E-state index >= 15 is 0 Å². The van der Waals surface area contributed by atoms with Crippen molar-refractivity contribution < 1.29 is 14.3 Å². The Morgan fingerprint density at radius 1 is 1.03 bits per heavy atom. The molecule has 0 fully saturated rings. The van der Waals surface area contributed by atoms with E-state index in [1.807, 2.05) is 77.9 Å². The van der Waals surface area contributed by atoms with Crippen LogP contribution < -0.4 is 14.8 Å². The highest BCUT2D eigenvalue weighted by molar-refractivity contribution is 5.94. The Bertz CT molecular complexity index is 1490. The number of imidazole rings is 2. The van der Waals surface area contributed by atoms with Crippen LogP contribution in [0.5, 0.6) is 11.5 Å². The summed E-state index contributed by atoms with van der Waals surface area (Å²) in [6.45, 7) is 2.37. The molecule has 0 aliphatic carbocycles. The van der Waals surface area contributed by atoms with E-state index < -0.39 is 6.04 Å². The fourth-order valence-corrected chi connectivity index (χ4v) is 4.10. The normalized spacial score (nSPS) is 11.9. The minimum atomic E-state index is -0.419. The lowest BCUT2D eigenvalue weighted by Gasteiger charge is -2.19. The number of hydrogen-bond donors (Lipinski definition) is 1.